The predicted molar refractivity (Wildman–Crippen MR) is 111 cm³/mol. The fourth-order valence-electron chi connectivity index (χ4n) is 3.21. The summed E-state index contributed by atoms with van der Waals surface area (Å²) in [5, 5.41) is 4.62. The van der Waals surface area contributed by atoms with Crippen LogP contribution in [-0.4, -0.2) is 47.1 Å². The van der Waals surface area contributed by atoms with Crippen molar-refractivity contribution >= 4 is 50.7 Å². The average molecular weight is 402 g/mol. The summed E-state index contributed by atoms with van der Waals surface area (Å²) in [5.74, 6) is 0.964. The number of amides is 2. The molecule has 6 nitrogen and oxygen atoms in total. The summed E-state index contributed by atoms with van der Waals surface area (Å²) in [7, 11) is 0. The van der Waals surface area contributed by atoms with E-state index in [9.17, 15) is 4.79 Å². The Bertz CT molecular complexity index is 968. The molecule has 4 rings (SSSR count). The van der Waals surface area contributed by atoms with Gasteiger partial charge in [-0.05, 0) is 30.7 Å². The van der Waals surface area contributed by atoms with Crippen molar-refractivity contribution < 1.29 is 4.79 Å². The summed E-state index contributed by atoms with van der Waals surface area (Å²) < 4.78 is 0. The minimum Gasteiger partial charge on any atom is -0.352 e. The number of fused-ring (bicyclic) bond motifs is 1. The Kier molecular flexibility index (Phi) is 5.13. The third kappa shape index (κ3) is 3.84. The number of carbonyl (C=O) groups excluding carboxylic acids is 1. The Morgan fingerprint density at radius 1 is 1.22 bits per heavy atom. The maximum atomic E-state index is 12.5. The molecule has 140 valence electrons. The maximum absolute atomic E-state index is 12.5. The van der Waals surface area contributed by atoms with Gasteiger partial charge in [-0.2, -0.15) is 0 Å². The first kappa shape index (κ1) is 18.0. The van der Waals surface area contributed by atoms with Crippen molar-refractivity contribution in [1.29, 1.82) is 0 Å². The van der Waals surface area contributed by atoms with E-state index < -0.39 is 0 Å². The number of aromatic nitrogens is 2. The van der Waals surface area contributed by atoms with Crippen LogP contribution in [0.25, 0.3) is 10.2 Å². The van der Waals surface area contributed by atoms with Gasteiger partial charge in [0.05, 0.1) is 5.39 Å². The molecule has 8 heteroatoms. The zero-order valence-electron chi connectivity index (χ0n) is 15.0. The van der Waals surface area contributed by atoms with Gasteiger partial charge < -0.3 is 15.1 Å². The van der Waals surface area contributed by atoms with Gasteiger partial charge in [0, 0.05) is 41.8 Å². The molecule has 1 fully saturated rings. The number of aryl methyl sites for hydroxylation is 1. The van der Waals surface area contributed by atoms with Crippen LogP contribution >= 0.6 is 22.9 Å². The highest BCUT2D eigenvalue weighted by molar-refractivity contribution is 7.18. The second-order valence-electron chi connectivity index (χ2n) is 6.40. The number of halogens is 1. The number of hydrogen-bond acceptors (Lipinski definition) is 5. The fraction of sp³-hybridized carbons (Fsp3) is 0.316. The van der Waals surface area contributed by atoms with Crippen LogP contribution in [-0.2, 0) is 6.42 Å². The minimum atomic E-state index is -0.103. The smallest absolute Gasteiger partial charge is 0.321 e. The number of piperazine rings is 1. The van der Waals surface area contributed by atoms with E-state index in [0.29, 0.717) is 23.8 Å². The van der Waals surface area contributed by atoms with E-state index in [0.717, 1.165) is 35.5 Å². The molecule has 1 N–H and O–H groups in total. The molecule has 2 amide bonds. The number of thiophene rings is 1. The molecule has 0 spiro atoms. The monoisotopic (exact) mass is 401 g/mol. The number of nitrogens with zero attached hydrogens (tertiary/aromatic N) is 4. The second-order valence-corrected chi connectivity index (χ2v) is 7.95. The Morgan fingerprint density at radius 3 is 2.78 bits per heavy atom. The lowest BCUT2D eigenvalue weighted by molar-refractivity contribution is 0.208. The van der Waals surface area contributed by atoms with E-state index in [1.165, 1.54) is 4.88 Å². The molecule has 1 aliphatic heterocycles. The van der Waals surface area contributed by atoms with Crippen LogP contribution in [0.1, 0.15) is 11.8 Å². The standard InChI is InChI=1S/C19H20ClN5OS/c1-2-15-11-16-17(21-12-22-18(16)27-15)24-6-8-25(9-7-24)19(26)23-14-5-3-4-13(20)10-14/h3-5,10-12H,2,6-9H2,1H3,(H,23,26). The van der Waals surface area contributed by atoms with Gasteiger partial charge in [0.15, 0.2) is 0 Å². The minimum absolute atomic E-state index is 0.103. The van der Waals surface area contributed by atoms with Gasteiger partial charge >= 0.3 is 6.03 Å². The molecule has 0 unspecified atom stereocenters. The van der Waals surface area contributed by atoms with Crippen LogP contribution in [0.15, 0.2) is 36.7 Å². The lowest BCUT2D eigenvalue weighted by atomic mass is 10.2. The van der Waals surface area contributed by atoms with Crippen molar-refractivity contribution in [2.24, 2.45) is 0 Å². The van der Waals surface area contributed by atoms with Gasteiger partial charge in [0.1, 0.15) is 17.0 Å². The summed E-state index contributed by atoms with van der Waals surface area (Å²) in [5.41, 5.74) is 0.706. The molecular formula is C19H20ClN5OS. The lowest BCUT2D eigenvalue weighted by Crippen LogP contribution is -2.50. The van der Waals surface area contributed by atoms with Crippen molar-refractivity contribution in [2.45, 2.75) is 13.3 Å². The predicted octanol–water partition coefficient (Wildman–Crippen LogP) is 4.26. The topological polar surface area (TPSA) is 61.4 Å². The quantitative estimate of drug-likeness (QED) is 0.712. The number of rotatable bonds is 3. The van der Waals surface area contributed by atoms with Gasteiger partial charge in [0.25, 0.3) is 0 Å². The van der Waals surface area contributed by atoms with Crippen LogP contribution in [0.4, 0.5) is 16.3 Å². The zero-order valence-corrected chi connectivity index (χ0v) is 16.6. The lowest BCUT2D eigenvalue weighted by Gasteiger charge is -2.35. The van der Waals surface area contributed by atoms with Crippen LogP contribution in [0.3, 0.4) is 0 Å². The molecule has 3 heterocycles. The molecule has 0 atom stereocenters. The third-order valence-corrected chi connectivity index (χ3v) is 6.07. The Labute approximate surface area is 166 Å². The van der Waals surface area contributed by atoms with E-state index >= 15 is 0 Å². The Morgan fingerprint density at radius 2 is 2.04 bits per heavy atom. The van der Waals surface area contributed by atoms with Gasteiger partial charge in [-0.15, -0.1) is 11.3 Å². The second kappa shape index (κ2) is 7.70. The third-order valence-electron chi connectivity index (χ3n) is 4.65. The summed E-state index contributed by atoms with van der Waals surface area (Å²) in [6, 6.07) is 9.27. The molecule has 0 saturated carbocycles. The maximum Gasteiger partial charge on any atom is 0.321 e. The molecule has 1 aromatic carbocycles. The highest BCUT2D eigenvalue weighted by atomic mass is 35.5. The SMILES string of the molecule is CCc1cc2c(N3CCN(C(=O)Nc4cccc(Cl)c4)CC3)ncnc2s1. The van der Waals surface area contributed by atoms with Gasteiger partial charge in [-0.1, -0.05) is 24.6 Å². The number of anilines is 2. The van der Waals surface area contributed by atoms with Crippen molar-refractivity contribution in [2.75, 3.05) is 36.4 Å². The van der Waals surface area contributed by atoms with Crippen LogP contribution in [0.5, 0.6) is 0 Å². The first-order valence-electron chi connectivity index (χ1n) is 8.94. The van der Waals surface area contributed by atoms with Gasteiger partial charge in [0.2, 0.25) is 0 Å². The molecule has 0 radical (unpaired) electrons. The number of benzene rings is 1. The molecule has 1 aliphatic rings. The first-order valence-corrected chi connectivity index (χ1v) is 10.1. The highest BCUT2D eigenvalue weighted by Crippen LogP contribution is 2.31. The van der Waals surface area contributed by atoms with E-state index in [1.54, 1.807) is 29.8 Å². The summed E-state index contributed by atoms with van der Waals surface area (Å²) in [4.78, 5) is 27.8. The van der Waals surface area contributed by atoms with Crippen molar-refractivity contribution in [1.82, 2.24) is 14.9 Å². The highest BCUT2D eigenvalue weighted by Gasteiger charge is 2.23. The molecule has 2 aromatic heterocycles. The summed E-state index contributed by atoms with van der Waals surface area (Å²) >= 11 is 7.70. The Balaban J connectivity index is 1.43. The van der Waals surface area contributed by atoms with Crippen molar-refractivity contribution in [3.8, 4) is 0 Å². The number of hydrogen-bond donors (Lipinski definition) is 1. The largest absolute Gasteiger partial charge is 0.352 e. The first-order chi connectivity index (χ1) is 13.1. The van der Waals surface area contributed by atoms with E-state index in [4.69, 9.17) is 11.6 Å². The average Bonchev–Trinajstić information content (AvgIpc) is 3.11. The molecule has 27 heavy (non-hydrogen) atoms. The normalized spacial score (nSPS) is 14.6. The fourth-order valence-corrected chi connectivity index (χ4v) is 4.33. The zero-order chi connectivity index (χ0) is 18.8. The van der Waals surface area contributed by atoms with Gasteiger partial charge in [-0.25, -0.2) is 14.8 Å². The van der Waals surface area contributed by atoms with Crippen LogP contribution < -0.4 is 10.2 Å². The summed E-state index contributed by atoms with van der Waals surface area (Å²) in [6.07, 6.45) is 2.63. The number of urea groups is 1. The van der Waals surface area contributed by atoms with E-state index in [-0.39, 0.29) is 6.03 Å². The van der Waals surface area contributed by atoms with Crippen molar-refractivity contribution in [3.05, 3.63) is 46.6 Å². The molecule has 0 bridgehead atoms. The van der Waals surface area contributed by atoms with Crippen LogP contribution in [0, 0.1) is 0 Å². The molecular weight excluding hydrogens is 382 g/mol. The van der Waals surface area contributed by atoms with Gasteiger partial charge in [-0.3, -0.25) is 0 Å². The van der Waals surface area contributed by atoms with Crippen LogP contribution in [0.2, 0.25) is 5.02 Å². The van der Waals surface area contributed by atoms with E-state index in [2.05, 4.69) is 33.2 Å². The number of nitrogens with one attached hydrogen (secondary N) is 1. The van der Waals surface area contributed by atoms with E-state index in [1.807, 2.05) is 17.0 Å². The molecule has 0 aliphatic carbocycles. The summed E-state index contributed by atoms with van der Waals surface area (Å²) in [6.45, 7) is 4.92. The number of carbonyl (C=O) groups is 1. The molecule has 3 aromatic rings. The molecule has 1 saturated heterocycles. The Hall–Kier alpha value is -2.38. The van der Waals surface area contributed by atoms with Crippen molar-refractivity contribution in [3.63, 3.8) is 0 Å².